The number of ketones is 1. The van der Waals surface area contributed by atoms with Gasteiger partial charge >= 0.3 is 0 Å². The number of hydrogen-bond acceptors (Lipinski definition) is 5. The number of Topliss-reactive ketones (excluding diaryl/α,β-unsaturated/α-hetero) is 1. The summed E-state index contributed by atoms with van der Waals surface area (Å²) in [6.07, 6.45) is 5.07. The van der Waals surface area contributed by atoms with Crippen molar-refractivity contribution in [3.8, 4) is 11.4 Å². The van der Waals surface area contributed by atoms with Gasteiger partial charge in [-0.15, -0.1) is 0 Å². The Balaban J connectivity index is 1.41. The van der Waals surface area contributed by atoms with Gasteiger partial charge in [-0.1, -0.05) is 11.8 Å². The van der Waals surface area contributed by atoms with Crippen LogP contribution in [0, 0.1) is 0 Å². The van der Waals surface area contributed by atoms with Gasteiger partial charge < -0.3 is 9.64 Å². The van der Waals surface area contributed by atoms with E-state index < -0.39 is 0 Å². The van der Waals surface area contributed by atoms with Gasteiger partial charge in [0.05, 0.1) is 12.9 Å². The van der Waals surface area contributed by atoms with Crippen LogP contribution in [-0.2, 0) is 4.79 Å². The Morgan fingerprint density at radius 2 is 1.83 bits per heavy atom. The lowest BCUT2D eigenvalue weighted by atomic mass is 10.1. The van der Waals surface area contributed by atoms with Crippen molar-refractivity contribution in [3.63, 3.8) is 0 Å². The summed E-state index contributed by atoms with van der Waals surface area (Å²) in [7, 11) is 1.63. The van der Waals surface area contributed by atoms with E-state index in [0.717, 1.165) is 35.2 Å². The number of carbonyl (C=O) groups excluding carboxylic acids is 2. The summed E-state index contributed by atoms with van der Waals surface area (Å²) in [6, 6.07) is 15.0. The smallest absolute Gasteiger partial charge is 0.227 e. The van der Waals surface area contributed by atoms with Gasteiger partial charge in [0.1, 0.15) is 5.75 Å². The Morgan fingerprint density at radius 3 is 2.48 bits per heavy atom. The minimum absolute atomic E-state index is 0.0265. The van der Waals surface area contributed by atoms with Crippen molar-refractivity contribution in [2.24, 2.45) is 0 Å². The largest absolute Gasteiger partial charge is 0.497 e. The molecule has 0 saturated carbocycles. The molecule has 1 aliphatic heterocycles. The number of rotatable bonds is 7. The van der Waals surface area contributed by atoms with E-state index in [9.17, 15) is 9.59 Å². The molecular formula is C22H21N3O3S. The quantitative estimate of drug-likeness (QED) is 0.438. The average Bonchev–Trinajstić information content (AvgIpc) is 3.41. The molecule has 0 bridgehead atoms. The molecule has 1 amide bonds. The van der Waals surface area contributed by atoms with Crippen molar-refractivity contribution >= 4 is 29.1 Å². The second-order valence-electron chi connectivity index (χ2n) is 6.69. The number of amides is 1. The fourth-order valence-electron chi connectivity index (χ4n) is 3.30. The van der Waals surface area contributed by atoms with Gasteiger partial charge in [0.2, 0.25) is 5.91 Å². The van der Waals surface area contributed by atoms with Crippen LogP contribution in [0.3, 0.4) is 0 Å². The Kier molecular flexibility index (Phi) is 5.67. The lowest BCUT2D eigenvalue weighted by Gasteiger charge is -2.15. The van der Waals surface area contributed by atoms with Crippen LogP contribution in [0.4, 0.5) is 5.69 Å². The number of anilines is 1. The van der Waals surface area contributed by atoms with Crippen LogP contribution in [0.2, 0.25) is 0 Å². The molecule has 29 heavy (non-hydrogen) atoms. The van der Waals surface area contributed by atoms with Crippen molar-refractivity contribution in [1.82, 2.24) is 9.55 Å². The number of imidazole rings is 1. The van der Waals surface area contributed by atoms with Crippen LogP contribution >= 0.6 is 11.8 Å². The van der Waals surface area contributed by atoms with Gasteiger partial charge in [-0.25, -0.2) is 4.98 Å². The summed E-state index contributed by atoms with van der Waals surface area (Å²) in [5.41, 5.74) is 2.44. The average molecular weight is 407 g/mol. The van der Waals surface area contributed by atoms with E-state index in [1.807, 2.05) is 47.2 Å². The van der Waals surface area contributed by atoms with Crippen molar-refractivity contribution in [3.05, 3.63) is 66.5 Å². The highest BCUT2D eigenvalue weighted by Crippen LogP contribution is 2.25. The van der Waals surface area contributed by atoms with E-state index >= 15 is 0 Å². The fourth-order valence-corrected chi connectivity index (χ4v) is 4.17. The van der Waals surface area contributed by atoms with Gasteiger partial charge in [0, 0.05) is 42.3 Å². The Morgan fingerprint density at radius 1 is 1.10 bits per heavy atom. The summed E-state index contributed by atoms with van der Waals surface area (Å²) in [5.74, 6) is 1.25. The highest BCUT2D eigenvalue weighted by Gasteiger charge is 2.21. The number of methoxy groups -OCH3 is 1. The minimum Gasteiger partial charge on any atom is -0.497 e. The normalized spacial score (nSPS) is 13.7. The first-order chi connectivity index (χ1) is 14.2. The molecule has 0 spiro atoms. The molecule has 0 N–H and O–H groups in total. The van der Waals surface area contributed by atoms with Crippen molar-refractivity contribution < 1.29 is 14.3 Å². The third-order valence-corrected chi connectivity index (χ3v) is 5.83. The van der Waals surface area contributed by atoms with E-state index in [0.29, 0.717) is 12.0 Å². The first-order valence-electron chi connectivity index (χ1n) is 9.40. The molecule has 7 heteroatoms. The first-order valence-corrected chi connectivity index (χ1v) is 10.4. The summed E-state index contributed by atoms with van der Waals surface area (Å²) in [6.45, 7) is 0.746. The number of carbonyl (C=O) groups is 2. The third kappa shape index (κ3) is 4.19. The van der Waals surface area contributed by atoms with Crippen LogP contribution in [0.1, 0.15) is 23.2 Å². The summed E-state index contributed by atoms with van der Waals surface area (Å²) in [5, 5.41) is 0.753. The Hall–Kier alpha value is -3.06. The molecule has 6 nitrogen and oxygen atoms in total. The maximum absolute atomic E-state index is 12.6. The van der Waals surface area contributed by atoms with Crippen LogP contribution < -0.4 is 9.64 Å². The zero-order valence-electron chi connectivity index (χ0n) is 16.1. The molecule has 1 saturated heterocycles. The molecule has 0 radical (unpaired) electrons. The molecule has 2 aromatic carbocycles. The number of ether oxygens (including phenoxy) is 1. The zero-order chi connectivity index (χ0) is 20.2. The Bertz CT molecular complexity index is 1010. The minimum atomic E-state index is 0.0265. The molecule has 1 fully saturated rings. The molecule has 0 unspecified atom stereocenters. The monoisotopic (exact) mass is 407 g/mol. The number of hydrogen-bond donors (Lipinski definition) is 0. The van der Waals surface area contributed by atoms with Crippen molar-refractivity contribution in [2.45, 2.75) is 18.0 Å². The lowest BCUT2D eigenvalue weighted by Crippen LogP contribution is -2.23. The highest BCUT2D eigenvalue weighted by atomic mass is 32.2. The van der Waals surface area contributed by atoms with Gasteiger partial charge in [-0.05, 0) is 55.0 Å². The SMILES string of the molecule is COc1ccc(-n2ccnc2SCC(=O)c2ccc(N3CCCC3=O)cc2)cc1. The topological polar surface area (TPSA) is 64.4 Å². The molecule has 1 aliphatic rings. The zero-order valence-corrected chi connectivity index (χ0v) is 16.9. The number of benzene rings is 2. The van der Waals surface area contributed by atoms with E-state index in [1.54, 1.807) is 30.3 Å². The number of nitrogens with zero attached hydrogens (tertiary/aromatic N) is 3. The van der Waals surface area contributed by atoms with Crippen LogP contribution in [0.15, 0.2) is 66.1 Å². The summed E-state index contributed by atoms with van der Waals surface area (Å²) in [4.78, 5) is 30.6. The van der Waals surface area contributed by atoms with Gasteiger partial charge in [-0.2, -0.15) is 0 Å². The maximum Gasteiger partial charge on any atom is 0.227 e. The first kappa shape index (κ1) is 19.3. The third-order valence-electron chi connectivity index (χ3n) is 4.86. The van der Waals surface area contributed by atoms with E-state index in [-0.39, 0.29) is 17.4 Å². The van der Waals surface area contributed by atoms with Gasteiger partial charge in [0.15, 0.2) is 10.9 Å². The molecule has 4 rings (SSSR count). The molecule has 0 aliphatic carbocycles. The van der Waals surface area contributed by atoms with E-state index in [2.05, 4.69) is 4.98 Å². The van der Waals surface area contributed by atoms with Crippen molar-refractivity contribution in [1.29, 1.82) is 0 Å². The molecule has 0 atom stereocenters. The second kappa shape index (κ2) is 8.53. The Labute approximate surface area is 173 Å². The number of thioether (sulfide) groups is 1. The molecule has 1 aromatic heterocycles. The fraction of sp³-hybridized carbons (Fsp3) is 0.227. The van der Waals surface area contributed by atoms with E-state index in [1.165, 1.54) is 11.8 Å². The highest BCUT2D eigenvalue weighted by molar-refractivity contribution is 7.99. The van der Waals surface area contributed by atoms with Crippen LogP contribution in [0.5, 0.6) is 5.75 Å². The van der Waals surface area contributed by atoms with E-state index in [4.69, 9.17) is 4.74 Å². The van der Waals surface area contributed by atoms with Crippen LogP contribution in [0.25, 0.3) is 5.69 Å². The van der Waals surface area contributed by atoms with Gasteiger partial charge in [0.25, 0.3) is 0 Å². The van der Waals surface area contributed by atoms with Crippen LogP contribution in [-0.4, -0.2) is 40.6 Å². The summed E-state index contributed by atoms with van der Waals surface area (Å²) < 4.78 is 7.14. The van der Waals surface area contributed by atoms with Gasteiger partial charge in [-0.3, -0.25) is 14.2 Å². The predicted octanol–water partition coefficient (Wildman–Crippen LogP) is 3.98. The van der Waals surface area contributed by atoms with Crippen molar-refractivity contribution in [2.75, 3.05) is 24.3 Å². The standard InChI is InChI=1S/C22H21N3O3S/c1-28-19-10-8-18(9-11-19)25-14-12-23-22(25)29-15-20(26)16-4-6-17(7-5-16)24-13-2-3-21(24)27/h4-12,14H,2-3,13,15H2,1H3. The number of aromatic nitrogens is 2. The summed E-state index contributed by atoms with van der Waals surface area (Å²) >= 11 is 1.40. The molecule has 148 valence electrons. The molecular weight excluding hydrogens is 386 g/mol. The molecule has 2 heterocycles. The lowest BCUT2D eigenvalue weighted by molar-refractivity contribution is -0.117. The maximum atomic E-state index is 12.6. The molecule has 3 aromatic rings. The second-order valence-corrected chi connectivity index (χ2v) is 7.63. The predicted molar refractivity (Wildman–Crippen MR) is 113 cm³/mol.